The fourth-order valence-corrected chi connectivity index (χ4v) is 3.60. The van der Waals surface area contributed by atoms with Gasteiger partial charge in [-0.2, -0.15) is 0 Å². The van der Waals surface area contributed by atoms with Crippen LogP contribution in [0, 0.1) is 27.7 Å². The third-order valence-electron chi connectivity index (χ3n) is 5.20. The molecule has 1 unspecified atom stereocenters. The molecule has 1 amide bonds. The number of hydrogen-bond acceptors (Lipinski definition) is 6. The van der Waals surface area contributed by atoms with E-state index in [0.717, 1.165) is 51.6 Å². The molecule has 1 aromatic carbocycles. The third kappa shape index (κ3) is 3.99. The lowest BCUT2D eigenvalue weighted by atomic mass is 10.0. The predicted octanol–water partition coefficient (Wildman–Crippen LogP) is 3.03. The zero-order valence-corrected chi connectivity index (χ0v) is 17.1. The minimum absolute atomic E-state index is 0.0645. The molecule has 7 nitrogen and oxygen atoms in total. The lowest BCUT2D eigenvalue weighted by Crippen LogP contribution is -2.35. The van der Waals surface area contributed by atoms with Crippen LogP contribution in [0.2, 0.25) is 0 Å². The Morgan fingerprint density at radius 3 is 2.79 bits per heavy atom. The highest BCUT2D eigenvalue weighted by atomic mass is 16.5. The van der Waals surface area contributed by atoms with Gasteiger partial charge in [0.15, 0.2) is 0 Å². The first kappa shape index (κ1) is 19.1. The summed E-state index contributed by atoms with van der Waals surface area (Å²) in [6.45, 7) is 8.01. The van der Waals surface area contributed by atoms with E-state index in [9.17, 15) is 4.79 Å². The number of ether oxygens (including phenoxy) is 1. The molecular weight excluding hydrogens is 368 g/mol. The number of fused-ring (bicyclic) bond motifs is 1. The molecule has 150 valence electrons. The van der Waals surface area contributed by atoms with E-state index in [2.05, 4.69) is 26.5 Å². The molecule has 0 saturated heterocycles. The zero-order valence-electron chi connectivity index (χ0n) is 17.1. The van der Waals surface area contributed by atoms with E-state index in [-0.39, 0.29) is 18.4 Å². The van der Waals surface area contributed by atoms with E-state index >= 15 is 0 Å². The Kier molecular flexibility index (Phi) is 5.05. The maximum Gasteiger partial charge on any atom is 0.224 e. The van der Waals surface area contributed by atoms with Crippen LogP contribution in [-0.2, 0) is 17.6 Å². The number of rotatable bonds is 5. The SMILES string of the molecule is Cc1cnc(C)c(-c2ccc3c(c2)CC(CNC(=O)Cc2c(C)noc2C)O3)n1. The number of aryl methyl sites for hydroxylation is 4. The monoisotopic (exact) mass is 392 g/mol. The molecule has 3 heterocycles. The van der Waals surface area contributed by atoms with Crippen LogP contribution in [-0.4, -0.2) is 33.7 Å². The standard InChI is InChI=1S/C22H24N4O3/c1-12-10-23-14(3)22(25-12)16-5-6-20-17(7-16)8-18(28-20)11-24-21(27)9-19-13(2)26-29-15(19)4/h5-7,10,18H,8-9,11H2,1-4H3,(H,24,27). The summed E-state index contributed by atoms with van der Waals surface area (Å²) in [6, 6.07) is 6.09. The normalized spacial score (nSPS) is 15.1. The van der Waals surface area contributed by atoms with Crippen molar-refractivity contribution in [3.63, 3.8) is 0 Å². The summed E-state index contributed by atoms with van der Waals surface area (Å²) in [4.78, 5) is 21.3. The maximum absolute atomic E-state index is 12.3. The average Bonchev–Trinajstić information content (AvgIpc) is 3.25. The Balaban J connectivity index is 1.39. The van der Waals surface area contributed by atoms with E-state index in [0.29, 0.717) is 12.3 Å². The second kappa shape index (κ2) is 7.66. The molecule has 1 N–H and O–H groups in total. The minimum Gasteiger partial charge on any atom is -0.488 e. The zero-order chi connectivity index (χ0) is 20.5. The number of benzene rings is 1. The minimum atomic E-state index is -0.0847. The second-order valence-corrected chi connectivity index (χ2v) is 7.50. The largest absolute Gasteiger partial charge is 0.488 e. The van der Waals surface area contributed by atoms with Gasteiger partial charge in [-0.05, 0) is 51.5 Å². The van der Waals surface area contributed by atoms with Gasteiger partial charge in [-0.3, -0.25) is 9.78 Å². The molecule has 0 spiro atoms. The average molecular weight is 392 g/mol. The molecule has 29 heavy (non-hydrogen) atoms. The molecule has 0 radical (unpaired) electrons. The number of hydrogen-bond donors (Lipinski definition) is 1. The van der Waals surface area contributed by atoms with Gasteiger partial charge in [0.2, 0.25) is 5.91 Å². The van der Waals surface area contributed by atoms with Crippen LogP contribution in [0.15, 0.2) is 28.9 Å². The summed E-state index contributed by atoms with van der Waals surface area (Å²) in [6.07, 6.45) is 2.69. The first-order valence-electron chi connectivity index (χ1n) is 9.69. The summed E-state index contributed by atoms with van der Waals surface area (Å²) in [7, 11) is 0. The molecule has 0 bridgehead atoms. The van der Waals surface area contributed by atoms with E-state index in [1.165, 1.54) is 0 Å². The fourth-order valence-electron chi connectivity index (χ4n) is 3.60. The lowest BCUT2D eigenvalue weighted by molar-refractivity contribution is -0.120. The first-order valence-corrected chi connectivity index (χ1v) is 9.69. The summed E-state index contributed by atoms with van der Waals surface area (Å²) in [5, 5.41) is 6.85. The lowest BCUT2D eigenvalue weighted by Gasteiger charge is -2.12. The van der Waals surface area contributed by atoms with Gasteiger partial charge in [-0.15, -0.1) is 0 Å². The Labute approximate surface area is 169 Å². The number of aromatic nitrogens is 3. The van der Waals surface area contributed by atoms with E-state index in [1.807, 2.05) is 39.8 Å². The van der Waals surface area contributed by atoms with Crippen molar-refractivity contribution in [1.82, 2.24) is 20.4 Å². The van der Waals surface area contributed by atoms with Gasteiger partial charge in [-0.1, -0.05) is 5.16 Å². The molecule has 0 fully saturated rings. The van der Waals surface area contributed by atoms with Gasteiger partial charge in [0.1, 0.15) is 17.6 Å². The van der Waals surface area contributed by atoms with Crippen LogP contribution in [0.5, 0.6) is 5.75 Å². The third-order valence-corrected chi connectivity index (χ3v) is 5.20. The van der Waals surface area contributed by atoms with Crippen LogP contribution in [0.25, 0.3) is 11.3 Å². The number of carbonyl (C=O) groups is 1. The van der Waals surface area contributed by atoms with Crippen molar-refractivity contribution in [3.05, 3.63) is 58.4 Å². The van der Waals surface area contributed by atoms with Crippen molar-refractivity contribution >= 4 is 5.91 Å². The smallest absolute Gasteiger partial charge is 0.224 e. The summed E-state index contributed by atoms with van der Waals surface area (Å²) < 4.78 is 11.1. The van der Waals surface area contributed by atoms with E-state index in [4.69, 9.17) is 9.26 Å². The summed E-state index contributed by atoms with van der Waals surface area (Å²) >= 11 is 0. The van der Waals surface area contributed by atoms with E-state index in [1.54, 1.807) is 6.20 Å². The molecule has 0 aliphatic carbocycles. The van der Waals surface area contributed by atoms with Crippen molar-refractivity contribution in [1.29, 1.82) is 0 Å². The summed E-state index contributed by atoms with van der Waals surface area (Å²) in [5.74, 6) is 1.48. The van der Waals surface area contributed by atoms with Crippen LogP contribution >= 0.6 is 0 Å². The molecule has 4 rings (SSSR count). The van der Waals surface area contributed by atoms with Gasteiger partial charge >= 0.3 is 0 Å². The van der Waals surface area contributed by atoms with Crippen molar-refractivity contribution in [2.45, 2.75) is 46.6 Å². The van der Waals surface area contributed by atoms with Crippen molar-refractivity contribution < 1.29 is 14.1 Å². The fraction of sp³-hybridized carbons (Fsp3) is 0.364. The van der Waals surface area contributed by atoms with Crippen LogP contribution in [0.3, 0.4) is 0 Å². The molecule has 7 heteroatoms. The molecular formula is C22H24N4O3. The van der Waals surface area contributed by atoms with E-state index < -0.39 is 0 Å². The predicted molar refractivity (Wildman–Crippen MR) is 108 cm³/mol. The molecule has 1 aliphatic rings. The van der Waals surface area contributed by atoms with Gasteiger partial charge < -0.3 is 14.6 Å². The molecule has 0 saturated carbocycles. The van der Waals surface area contributed by atoms with Gasteiger partial charge in [-0.25, -0.2) is 4.98 Å². The molecule has 1 aliphatic heterocycles. The number of nitrogens with one attached hydrogen (secondary N) is 1. The highest BCUT2D eigenvalue weighted by Crippen LogP contribution is 2.33. The Morgan fingerprint density at radius 1 is 1.21 bits per heavy atom. The Hall–Kier alpha value is -3.22. The quantitative estimate of drug-likeness (QED) is 0.718. The molecule has 2 aromatic heterocycles. The first-order chi connectivity index (χ1) is 13.9. The van der Waals surface area contributed by atoms with Crippen molar-refractivity contribution in [2.24, 2.45) is 0 Å². The number of carbonyl (C=O) groups excluding carboxylic acids is 1. The summed E-state index contributed by atoms with van der Waals surface area (Å²) in [5.41, 5.74) is 6.43. The number of amides is 1. The van der Waals surface area contributed by atoms with Gasteiger partial charge in [0.25, 0.3) is 0 Å². The van der Waals surface area contributed by atoms with Crippen molar-refractivity contribution in [2.75, 3.05) is 6.54 Å². The van der Waals surface area contributed by atoms with Crippen molar-refractivity contribution in [3.8, 4) is 17.0 Å². The maximum atomic E-state index is 12.3. The van der Waals surface area contributed by atoms with Gasteiger partial charge in [0.05, 0.1) is 35.7 Å². The Morgan fingerprint density at radius 2 is 2.03 bits per heavy atom. The number of nitrogens with zero attached hydrogens (tertiary/aromatic N) is 3. The molecule has 3 aromatic rings. The highest BCUT2D eigenvalue weighted by Gasteiger charge is 2.24. The van der Waals surface area contributed by atoms with Gasteiger partial charge in [0, 0.05) is 23.7 Å². The van der Waals surface area contributed by atoms with Crippen LogP contribution in [0.4, 0.5) is 0 Å². The molecule has 1 atom stereocenters. The van der Waals surface area contributed by atoms with Crippen LogP contribution in [0.1, 0.15) is 34.0 Å². The second-order valence-electron chi connectivity index (χ2n) is 7.50. The Bertz CT molecular complexity index is 1050. The topological polar surface area (TPSA) is 90.1 Å². The van der Waals surface area contributed by atoms with Crippen LogP contribution < -0.4 is 10.1 Å². The highest BCUT2D eigenvalue weighted by molar-refractivity contribution is 5.79.